The summed E-state index contributed by atoms with van der Waals surface area (Å²) in [5.74, 6) is -3.33. The zero-order valence-electron chi connectivity index (χ0n) is 20.8. The van der Waals surface area contributed by atoms with Crippen molar-refractivity contribution in [1.29, 1.82) is 0 Å². The molecule has 0 heterocycles. The van der Waals surface area contributed by atoms with Crippen LogP contribution in [0.1, 0.15) is 49.9 Å². The van der Waals surface area contributed by atoms with Crippen LogP contribution in [-0.4, -0.2) is 22.9 Å². The summed E-state index contributed by atoms with van der Waals surface area (Å²) in [4.78, 5) is 0. The zero-order chi connectivity index (χ0) is 28.8. The van der Waals surface area contributed by atoms with Gasteiger partial charge in [-0.05, 0) is 46.5 Å². The first-order valence-electron chi connectivity index (χ1n) is 11.1. The molecule has 38 heavy (non-hydrogen) atoms. The van der Waals surface area contributed by atoms with Crippen molar-refractivity contribution < 1.29 is 46.0 Å². The minimum atomic E-state index is -5.04. The number of nitrogens with two attached hydrogens (primary N) is 2. The van der Waals surface area contributed by atoms with E-state index in [0.717, 1.165) is 12.1 Å². The summed E-state index contributed by atoms with van der Waals surface area (Å²) < 4.78 is 84.6. The van der Waals surface area contributed by atoms with Gasteiger partial charge in [0, 0.05) is 10.8 Å². The largest absolute Gasteiger partial charge is 0.573 e. The first kappa shape index (κ1) is 28.6. The Kier molecular flexibility index (Phi) is 7.08. The summed E-state index contributed by atoms with van der Waals surface area (Å²) >= 11 is 0. The van der Waals surface area contributed by atoms with E-state index in [-0.39, 0.29) is 11.4 Å². The molecule has 0 saturated carbocycles. The lowest BCUT2D eigenvalue weighted by Gasteiger charge is -2.30. The van der Waals surface area contributed by atoms with Gasteiger partial charge in [0.05, 0.1) is 11.4 Å². The second-order valence-electron chi connectivity index (χ2n) is 9.75. The van der Waals surface area contributed by atoms with Crippen LogP contribution in [0.15, 0.2) is 48.5 Å². The standard InChI is InChI=1S/C26H26F6N2O4/c1-23(2,15-9-17(33)21(35)19(11-15)37-25(27,28)29)13-5-7-14(8-6-13)24(3,4)16-10-18(34)22(36)20(12-16)38-26(30,31)32/h5-12,35-36H,33-34H2,1-4H3. The number of alkyl halides is 6. The molecule has 6 nitrogen and oxygen atoms in total. The van der Waals surface area contributed by atoms with E-state index in [1.54, 1.807) is 52.0 Å². The minimum absolute atomic E-state index is 0.297. The molecule has 0 radical (unpaired) electrons. The summed E-state index contributed by atoms with van der Waals surface area (Å²) in [6.45, 7) is 6.94. The highest BCUT2D eigenvalue weighted by atomic mass is 19.4. The van der Waals surface area contributed by atoms with Crippen molar-refractivity contribution in [3.63, 3.8) is 0 Å². The second-order valence-corrected chi connectivity index (χ2v) is 9.75. The van der Waals surface area contributed by atoms with E-state index < -0.39 is 46.6 Å². The van der Waals surface area contributed by atoms with E-state index in [2.05, 4.69) is 9.47 Å². The molecule has 0 spiro atoms. The first-order chi connectivity index (χ1) is 17.2. The van der Waals surface area contributed by atoms with Crippen molar-refractivity contribution in [3.8, 4) is 23.0 Å². The number of anilines is 2. The van der Waals surface area contributed by atoms with Gasteiger partial charge in [-0.25, -0.2) is 0 Å². The molecule has 0 fully saturated rings. The van der Waals surface area contributed by atoms with Gasteiger partial charge in [0.2, 0.25) is 0 Å². The van der Waals surface area contributed by atoms with Crippen LogP contribution in [0, 0.1) is 0 Å². The van der Waals surface area contributed by atoms with Crippen molar-refractivity contribution in [2.24, 2.45) is 0 Å². The molecule has 0 aliphatic carbocycles. The van der Waals surface area contributed by atoms with Gasteiger partial charge in [-0.3, -0.25) is 0 Å². The van der Waals surface area contributed by atoms with E-state index in [9.17, 15) is 36.6 Å². The van der Waals surface area contributed by atoms with Gasteiger partial charge < -0.3 is 31.2 Å². The van der Waals surface area contributed by atoms with Crippen LogP contribution in [0.4, 0.5) is 37.7 Å². The second kappa shape index (κ2) is 9.41. The zero-order valence-corrected chi connectivity index (χ0v) is 20.8. The molecule has 0 saturated heterocycles. The monoisotopic (exact) mass is 544 g/mol. The predicted octanol–water partition coefficient (Wildman–Crippen LogP) is 6.71. The van der Waals surface area contributed by atoms with Crippen molar-refractivity contribution in [1.82, 2.24) is 0 Å². The van der Waals surface area contributed by atoms with E-state index in [4.69, 9.17) is 11.5 Å². The fraction of sp³-hybridized carbons (Fsp3) is 0.308. The Morgan fingerprint density at radius 1 is 0.553 bits per heavy atom. The minimum Gasteiger partial charge on any atom is -0.503 e. The van der Waals surface area contributed by atoms with Gasteiger partial charge in [-0.2, -0.15) is 0 Å². The van der Waals surface area contributed by atoms with Crippen LogP contribution >= 0.6 is 0 Å². The highest BCUT2D eigenvalue weighted by Crippen LogP contribution is 2.44. The lowest BCUT2D eigenvalue weighted by atomic mass is 9.74. The number of hydrogen-bond acceptors (Lipinski definition) is 6. The lowest BCUT2D eigenvalue weighted by molar-refractivity contribution is -0.276. The highest BCUT2D eigenvalue weighted by Gasteiger charge is 2.36. The smallest absolute Gasteiger partial charge is 0.503 e. The van der Waals surface area contributed by atoms with E-state index >= 15 is 0 Å². The molecule has 0 aromatic heterocycles. The van der Waals surface area contributed by atoms with Crippen molar-refractivity contribution in [2.75, 3.05) is 11.5 Å². The average Bonchev–Trinajstić information content (AvgIpc) is 2.77. The summed E-state index contributed by atoms with van der Waals surface area (Å²) in [7, 11) is 0. The first-order valence-corrected chi connectivity index (χ1v) is 11.1. The highest BCUT2D eigenvalue weighted by molar-refractivity contribution is 5.64. The van der Waals surface area contributed by atoms with Gasteiger partial charge >= 0.3 is 12.7 Å². The topological polar surface area (TPSA) is 111 Å². The third-order valence-corrected chi connectivity index (χ3v) is 6.43. The molecule has 3 aromatic carbocycles. The quantitative estimate of drug-likeness (QED) is 0.156. The molecule has 0 aliphatic rings. The van der Waals surface area contributed by atoms with Crippen LogP contribution in [-0.2, 0) is 10.8 Å². The van der Waals surface area contributed by atoms with Crippen molar-refractivity contribution >= 4 is 11.4 Å². The Hall–Kier alpha value is -3.96. The molecule has 0 aliphatic heterocycles. The Morgan fingerprint density at radius 3 is 1.11 bits per heavy atom. The number of rotatable bonds is 6. The number of phenols is 2. The molecule has 12 heteroatoms. The maximum absolute atomic E-state index is 12.8. The number of aromatic hydroxyl groups is 2. The summed E-state index contributed by atoms with van der Waals surface area (Å²) in [6.07, 6.45) is -10.1. The van der Waals surface area contributed by atoms with Crippen molar-refractivity contribution in [2.45, 2.75) is 51.2 Å². The number of benzene rings is 3. The molecule has 6 N–H and O–H groups in total. The van der Waals surface area contributed by atoms with Crippen LogP contribution in [0.2, 0.25) is 0 Å². The molecular weight excluding hydrogens is 518 g/mol. The SMILES string of the molecule is CC(C)(c1ccc(C(C)(C)c2cc(N)c(O)c(OC(F)(F)F)c2)cc1)c1cc(N)c(O)c(OC(F)(F)F)c1. The predicted molar refractivity (Wildman–Crippen MR) is 129 cm³/mol. The normalized spacial score (nSPS) is 12.9. The fourth-order valence-electron chi connectivity index (χ4n) is 4.02. The molecule has 0 unspecified atom stereocenters. The maximum Gasteiger partial charge on any atom is 0.573 e. The summed E-state index contributed by atoms with van der Waals surface area (Å²) in [6, 6.07) is 11.6. The van der Waals surface area contributed by atoms with Gasteiger partial charge in [0.15, 0.2) is 23.0 Å². The maximum atomic E-state index is 12.8. The van der Waals surface area contributed by atoms with Gasteiger partial charge in [0.1, 0.15) is 0 Å². The molecule has 0 bridgehead atoms. The van der Waals surface area contributed by atoms with E-state index in [0.29, 0.717) is 22.3 Å². The van der Waals surface area contributed by atoms with Crippen LogP contribution < -0.4 is 20.9 Å². The van der Waals surface area contributed by atoms with Crippen LogP contribution in [0.25, 0.3) is 0 Å². The molecular formula is C26H26F6N2O4. The Morgan fingerprint density at radius 2 is 0.842 bits per heavy atom. The molecule has 0 atom stereocenters. The number of hydrogen-bond donors (Lipinski definition) is 4. The number of halogens is 6. The Labute approximate surface area is 214 Å². The molecule has 3 rings (SSSR count). The van der Waals surface area contributed by atoms with Gasteiger partial charge in [-0.1, -0.05) is 52.0 Å². The van der Waals surface area contributed by atoms with Gasteiger partial charge in [0.25, 0.3) is 0 Å². The van der Waals surface area contributed by atoms with E-state index in [1.165, 1.54) is 12.1 Å². The third-order valence-electron chi connectivity index (χ3n) is 6.43. The third kappa shape index (κ3) is 5.95. The Bertz CT molecular complexity index is 1230. The van der Waals surface area contributed by atoms with Crippen molar-refractivity contribution in [3.05, 3.63) is 70.8 Å². The van der Waals surface area contributed by atoms with Crippen LogP contribution in [0.5, 0.6) is 23.0 Å². The number of phenolic OH excluding ortho intramolecular Hbond substituents is 2. The molecule has 3 aromatic rings. The number of nitrogen functional groups attached to an aromatic ring is 2. The molecule has 206 valence electrons. The molecule has 0 amide bonds. The summed E-state index contributed by atoms with van der Waals surface area (Å²) in [5.41, 5.74) is 11.0. The lowest BCUT2D eigenvalue weighted by Crippen LogP contribution is -2.23. The van der Waals surface area contributed by atoms with Gasteiger partial charge in [-0.15, -0.1) is 26.3 Å². The Balaban J connectivity index is 2.00. The van der Waals surface area contributed by atoms with Crippen LogP contribution in [0.3, 0.4) is 0 Å². The van der Waals surface area contributed by atoms with E-state index in [1.807, 2.05) is 0 Å². The summed E-state index contributed by atoms with van der Waals surface area (Å²) in [5, 5.41) is 19.9. The number of ether oxygens (including phenoxy) is 2. The average molecular weight is 544 g/mol. The fourth-order valence-corrected chi connectivity index (χ4v) is 4.02.